The first-order chi connectivity index (χ1) is 9.45. The molecule has 0 atom stereocenters. The van der Waals surface area contributed by atoms with Crippen molar-refractivity contribution >= 4 is 11.9 Å². The minimum atomic E-state index is -1.36. The highest BCUT2D eigenvalue weighted by atomic mass is 19.1. The number of H-pyrrole nitrogens is 1. The van der Waals surface area contributed by atoms with E-state index in [1.807, 2.05) is 0 Å². The highest BCUT2D eigenvalue weighted by Crippen LogP contribution is 2.30. The van der Waals surface area contributed by atoms with Crippen molar-refractivity contribution in [3.05, 3.63) is 47.0 Å². The number of rotatable bonds is 3. The summed E-state index contributed by atoms with van der Waals surface area (Å²) in [4.78, 5) is 24.9. The molecule has 0 radical (unpaired) electrons. The second-order valence-corrected chi connectivity index (χ2v) is 3.89. The maximum atomic E-state index is 12.9. The predicted molar refractivity (Wildman–Crippen MR) is 68.0 cm³/mol. The highest BCUT2D eigenvalue weighted by Gasteiger charge is 2.26. The molecule has 0 amide bonds. The van der Waals surface area contributed by atoms with Crippen molar-refractivity contribution < 1.29 is 24.2 Å². The number of aromatic nitrogens is 1. The summed E-state index contributed by atoms with van der Waals surface area (Å²) >= 11 is 0. The van der Waals surface area contributed by atoms with Gasteiger partial charge in [-0.05, 0) is 17.7 Å². The van der Waals surface area contributed by atoms with Crippen molar-refractivity contribution in [1.82, 2.24) is 4.98 Å². The molecule has 1 aromatic carbocycles. The molecule has 0 saturated heterocycles. The van der Waals surface area contributed by atoms with Crippen LogP contribution >= 0.6 is 0 Å². The molecule has 100 valence electrons. The Bertz CT molecular complexity index is 738. The van der Waals surface area contributed by atoms with Crippen LogP contribution < -0.4 is 0 Å². The van der Waals surface area contributed by atoms with Crippen molar-refractivity contribution in [3.8, 4) is 23.5 Å². The minimum absolute atomic E-state index is 0.0713. The SMILES string of the molecule is C#Cc1[nH]c(C(=O)O)c(-c2ccc(F)cc2)c1C(=O)O. The molecule has 20 heavy (non-hydrogen) atoms. The first-order valence-electron chi connectivity index (χ1n) is 5.40. The lowest BCUT2D eigenvalue weighted by atomic mass is 10.00. The van der Waals surface area contributed by atoms with E-state index in [1.54, 1.807) is 0 Å². The highest BCUT2D eigenvalue weighted by molar-refractivity contribution is 6.06. The molecule has 0 aliphatic rings. The van der Waals surface area contributed by atoms with E-state index in [9.17, 15) is 19.1 Å². The summed E-state index contributed by atoms with van der Waals surface area (Å²) in [5.41, 5.74) is -0.635. The van der Waals surface area contributed by atoms with Crippen molar-refractivity contribution in [3.63, 3.8) is 0 Å². The number of terminal acetylenes is 1. The van der Waals surface area contributed by atoms with E-state index >= 15 is 0 Å². The zero-order valence-electron chi connectivity index (χ0n) is 9.98. The Morgan fingerprint density at radius 1 is 1.15 bits per heavy atom. The van der Waals surface area contributed by atoms with Gasteiger partial charge in [-0.25, -0.2) is 14.0 Å². The fourth-order valence-corrected chi connectivity index (χ4v) is 1.89. The van der Waals surface area contributed by atoms with E-state index in [1.165, 1.54) is 12.1 Å². The van der Waals surface area contributed by atoms with Crippen LogP contribution in [0.15, 0.2) is 24.3 Å². The van der Waals surface area contributed by atoms with E-state index in [4.69, 9.17) is 11.5 Å². The smallest absolute Gasteiger partial charge is 0.353 e. The molecule has 0 unspecified atom stereocenters. The summed E-state index contributed by atoms with van der Waals surface area (Å²) in [5, 5.41) is 18.3. The van der Waals surface area contributed by atoms with E-state index in [-0.39, 0.29) is 28.1 Å². The van der Waals surface area contributed by atoms with Gasteiger partial charge in [0, 0.05) is 5.56 Å². The maximum absolute atomic E-state index is 12.9. The van der Waals surface area contributed by atoms with Gasteiger partial charge in [-0.2, -0.15) is 0 Å². The Kier molecular flexibility index (Phi) is 3.27. The molecule has 0 fully saturated rings. The summed E-state index contributed by atoms with van der Waals surface area (Å²) in [7, 11) is 0. The van der Waals surface area contributed by atoms with Gasteiger partial charge in [0.1, 0.15) is 22.8 Å². The van der Waals surface area contributed by atoms with Crippen LogP contribution in [0, 0.1) is 18.2 Å². The minimum Gasteiger partial charge on any atom is -0.478 e. The molecule has 6 heteroatoms. The Morgan fingerprint density at radius 2 is 1.75 bits per heavy atom. The number of halogens is 1. The van der Waals surface area contributed by atoms with Gasteiger partial charge in [0.25, 0.3) is 0 Å². The second kappa shape index (κ2) is 4.90. The lowest BCUT2D eigenvalue weighted by Crippen LogP contribution is -2.02. The molecule has 1 aromatic heterocycles. The Labute approximate surface area is 112 Å². The van der Waals surface area contributed by atoms with E-state index in [0.717, 1.165) is 12.1 Å². The maximum Gasteiger partial charge on any atom is 0.353 e. The number of carboxylic acids is 2. The number of benzene rings is 1. The third kappa shape index (κ3) is 2.12. The van der Waals surface area contributed by atoms with E-state index in [0.29, 0.717) is 0 Å². The zero-order chi connectivity index (χ0) is 14.9. The van der Waals surface area contributed by atoms with Gasteiger partial charge < -0.3 is 15.2 Å². The van der Waals surface area contributed by atoms with Crippen LogP contribution in [0.1, 0.15) is 26.5 Å². The predicted octanol–water partition coefficient (Wildman–Crippen LogP) is 2.20. The van der Waals surface area contributed by atoms with Crippen LogP contribution in [-0.2, 0) is 0 Å². The number of nitrogens with one attached hydrogen (secondary N) is 1. The topological polar surface area (TPSA) is 90.4 Å². The number of hydrogen-bond donors (Lipinski definition) is 3. The van der Waals surface area contributed by atoms with Crippen molar-refractivity contribution in [2.45, 2.75) is 0 Å². The van der Waals surface area contributed by atoms with Gasteiger partial charge in [-0.15, -0.1) is 6.42 Å². The van der Waals surface area contributed by atoms with Gasteiger partial charge in [-0.1, -0.05) is 18.1 Å². The van der Waals surface area contributed by atoms with E-state index in [2.05, 4.69) is 10.9 Å². The number of aromatic amines is 1. The number of carboxylic acid groups (broad SMARTS) is 2. The summed E-state index contributed by atoms with van der Waals surface area (Å²) in [6.07, 6.45) is 5.18. The molecule has 0 spiro atoms. The number of hydrogen-bond acceptors (Lipinski definition) is 2. The first-order valence-corrected chi connectivity index (χ1v) is 5.40. The fraction of sp³-hybridized carbons (Fsp3) is 0. The van der Waals surface area contributed by atoms with Crippen LogP contribution in [0.2, 0.25) is 0 Å². The standard InChI is InChI=1S/C14H8FNO4/c1-2-9-11(13(17)18)10(12(16-9)14(19)20)7-3-5-8(15)6-4-7/h1,3-6,16H,(H,17,18)(H,19,20). The lowest BCUT2D eigenvalue weighted by molar-refractivity contribution is 0.0688. The van der Waals surface area contributed by atoms with Gasteiger partial charge in [0.05, 0.1) is 0 Å². The zero-order valence-corrected chi connectivity index (χ0v) is 9.98. The molecule has 5 nitrogen and oxygen atoms in total. The van der Waals surface area contributed by atoms with Crippen LogP contribution in [0.25, 0.3) is 11.1 Å². The second-order valence-electron chi connectivity index (χ2n) is 3.89. The Morgan fingerprint density at radius 3 is 2.20 bits per heavy atom. The third-order valence-electron chi connectivity index (χ3n) is 2.70. The van der Waals surface area contributed by atoms with Crippen molar-refractivity contribution in [2.75, 3.05) is 0 Å². The molecular formula is C14H8FNO4. The molecule has 0 aliphatic carbocycles. The molecule has 0 aliphatic heterocycles. The summed E-state index contributed by atoms with van der Waals surface area (Å²) in [6.45, 7) is 0. The van der Waals surface area contributed by atoms with Crippen molar-refractivity contribution in [2.24, 2.45) is 0 Å². The molecule has 2 rings (SSSR count). The normalized spacial score (nSPS) is 10.0. The van der Waals surface area contributed by atoms with Gasteiger partial charge in [0.15, 0.2) is 0 Å². The average molecular weight is 273 g/mol. The van der Waals surface area contributed by atoms with Gasteiger partial charge >= 0.3 is 11.9 Å². The van der Waals surface area contributed by atoms with Gasteiger partial charge in [-0.3, -0.25) is 0 Å². The average Bonchev–Trinajstić information content (AvgIpc) is 2.79. The Balaban J connectivity index is 2.81. The lowest BCUT2D eigenvalue weighted by Gasteiger charge is -2.03. The Hall–Kier alpha value is -3.07. The van der Waals surface area contributed by atoms with Crippen LogP contribution in [0.5, 0.6) is 0 Å². The third-order valence-corrected chi connectivity index (χ3v) is 2.70. The van der Waals surface area contributed by atoms with E-state index < -0.39 is 17.8 Å². The van der Waals surface area contributed by atoms with Crippen LogP contribution in [0.4, 0.5) is 4.39 Å². The molecule has 0 saturated carbocycles. The van der Waals surface area contributed by atoms with Crippen molar-refractivity contribution in [1.29, 1.82) is 0 Å². The molecule has 0 bridgehead atoms. The summed E-state index contributed by atoms with van der Waals surface area (Å²) in [6, 6.07) is 4.79. The molecule has 3 N–H and O–H groups in total. The number of aromatic carboxylic acids is 2. The summed E-state index contributed by atoms with van der Waals surface area (Å²) < 4.78 is 12.9. The molecular weight excluding hydrogens is 265 g/mol. The number of carbonyl (C=O) groups is 2. The molecule has 2 aromatic rings. The summed E-state index contributed by atoms with van der Waals surface area (Å²) in [5.74, 6) is -1.13. The monoisotopic (exact) mass is 273 g/mol. The molecule has 1 heterocycles. The van der Waals surface area contributed by atoms with Crippen LogP contribution in [0.3, 0.4) is 0 Å². The van der Waals surface area contributed by atoms with Gasteiger partial charge in [0.2, 0.25) is 0 Å². The van der Waals surface area contributed by atoms with Crippen LogP contribution in [-0.4, -0.2) is 27.1 Å². The fourth-order valence-electron chi connectivity index (χ4n) is 1.89. The largest absolute Gasteiger partial charge is 0.478 e. The first kappa shape index (κ1) is 13.4. The quantitative estimate of drug-likeness (QED) is 0.748.